The second-order valence-electron chi connectivity index (χ2n) is 9.01. The van der Waals surface area contributed by atoms with Gasteiger partial charge >= 0.3 is 12.1 Å². The van der Waals surface area contributed by atoms with Gasteiger partial charge in [0.05, 0.1) is 39.3 Å². The van der Waals surface area contributed by atoms with Gasteiger partial charge in [-0.25, -0.2) is 27.7 Å². The van der Waals surface area contributed by atoms with Crippen molar-refractivity contribution in [3.63, 3.8) is 0 Å². The van der Waals surface area contributed by atoms with Gasteiger partial charge in [-0.15, -0.1) is 5.10 Å². The van der Waals surface area contributed by atoms with E-state index >= 15 is 0 Å². The molecule has 5 aromatic rings. The Bertz CT molecular complexity index is 1960. The summed E-state index contributed by atoms with van der Waals surface area (Å²) in [6.07, 6.45) is 1.05. The summed E-state index contributed by atoms with van der Waals surface area (Å²) in [6.45, 7) is 1.95. The molecule has 1 aromatic carbocycles. The Morgan fingerprint density at radius 2 is 1.76 bits per heavy atom. The first-order valence-corrected chi connectivity index (χ1v) is 14.0. The maximum absolute atomic E-state index is 12.0. The maximum Gasteiger partial charge on any atom is 0.490 e. The molecule has 42 heavy (non-hydrogen) atoms. The lowest BCUT2D eigenvalue weighted by atomic mass is 9.92. The number of carboxylic acid groups (broad SMARTS) is 1. The summed E-state index contributed by atoms with van der Waals surface area (Å²) in [4.78, 5) is 29.9. The highest BCUT2D eigenvalue weighted by molar-refractivity contribution is 7.90. The molecule has 0 radical (unpaired) electrons. The Morgan fingerprint density at radius 3 is 2.31 bits per heavy atom. The fraction of sp³-hybridized carbons (Fsp3) is 0.160. The van der Waals surface area contributed by atoms with Gasteiger partial charge in [-0.2, -0.15) is 13.2 Å². The molecule has 4 heterocycles. The zero-order chi connectivity index (χ0) is 31.1. The number of primary amides is 1. The standard InChI is InChI=1S/C23H20ClN7O3S.C2HF3O2/c1-12(17-7-8-31-23(28-17)19(22(26)32)21(25)29-31)15-9-16(24)18-10-27-11-30(18)20(15)13-3-5-14(6-4-13)35(2,33)34;3-2(4,5)1(6)7/h3-12H,1-2H3,(H2,25,29)(H2,26,32);(H,6,7). The van der Waals surface area contributed by atoms with E-state index in [9.17, 15) is 26.4 Å². The van der Waals surface area contributed by atoms with E-state index in [1.807, 2.05) is 17.4 Å². The number of carboxylic acids is 1. The van der Waals surface area contributed by atoms with E-state index in [-0.39, 0.29) is 27.8 Å². The number of fused-ring (bicyclic) bond motifs is 2. The lowest BCUT2D eigenvalue weighted by Crippen LogP contribution is -2.21. The topological polar surface area (TPSA) is 188 Å². The number of halogens is 4. The number of aromatic nitrogens is 5. The normalized spacial score (nSPS) is 12.6. The maximum atomic E-state index is 12.0. The Kier molecular flexibility index (Phi) is 7.88. The largest absolute Gasteiger partial charge is 0.490 e. The quantitative estimate of drug-likeness (QED) is 0.263. The summed E-state index contributed by atoms with van der Waals surface area (Å²) in [6, 6.07) is 10.2. The number of hydrogen-bond acceptors (Lipinski definition) is 8. The minimum Gasteiger partial charge on any atom is -0.475 e. The molecule has 0 fully saturated rings. The minimum atomic E-state index is -5.08. The number of benzene rings is 1. The Balaban J connectivity index is 0.000000517. The molecule has 1 unspecified atom stereocenters. The van der Waals surface area contributed by atoms with Crippen LogP contribution in [-0.2, 0) is 14.6 Å². The SMILES string of the molecule is CC(c1ccn2nc(N)c(C(N)=O)c2n1)c1cc(Cl)c2cncn2c1-c1ccc(S(C)(=O)=O)cc1.O=C(O)C(F)(F)F. The van der Waals surface area contributed by atoms with Gasteiger partial charge in [-0.1, -0.05) is 30.7 Å². The number of anilines is 1. The van der Waals surface area contributed by atoms with Crippen LogP contribution in [0.5, 0.6) is 0 Å². The van der Waals surface area contributed by atoms with Crippen LogP contribution in [0.2, 0.25) is 5.02 Å². The monoisotopic (exact) mass is 623 g/mol. The van der Waals surface area contributed by atoms with Crippen molar-refractivity contribution in [2.45, 2.75) is 23.9 Å². The summed E-state index contributed by atoms with van der Waals surface area (Å²) < 4.78 is 58.9. The zero-order valence-electron chi connectivity index (χ0n) is 21.7. The molecule has 0 aliphatic rings. The van der Waals surface area contributed by atoms with Gasteiger partial charge in [0.1, 0.15) is 5.56 Å². The molecule has 0 aliphatic heterocycles. The average Bonchev–Trinajstić information content (AvgIpc) is 3.51. The number of nitrogens with zero attached hydrogens (tertiary/aromatic N) is 5. The number of nitrogens with two attached hydrogens (primary N) is 2. The smallest absolute Gasteiger partial charge is 0.475 e. The number of pyridine rings is 1. The van der Waals surface area contributed by atoms with Crippen molar-refractivity contribution in [1.82, 2.24) is 24.0 Å². The van der Waals surface area contributed by atoms with Crippen molar-refractivity contribution in [2.24, 2.45) is 5.73 Å². The van der Waals surface area contributed by atoms with Gasteiger partial charge in [0, 0.05) is 18.4 Å². The van der Waals surface area contributed by atoms with Crippen LogP contribution in [0.15, 0.2) is 60.0 Å². The first-order valence-electron chi connectivity index (χ1n) is 11.7. The molecule has 0 saturated heterocycles. The molecule has 0 saturated carbocycles. The molecule has 5 N–H and O–H groups in total. The number of imidazole rings is 1. The van der Waals surface area contributed by atoms with E-state index in [1.54, 1.807) is 49.1 Å². The molecule has 1 amide bonds. The number of sulfone groups is 1. The number of carbonyl (C=O) groups excluding carboxylic acids is 1. The number of hydrogen-bond donors (Lipinski definition) is 3. The number of rotatable bonds is 5. The second-order valence-corrected chi connectivity index (χ2v) is 11.4. The van der Waals surface area contributed by atoms with Gasteiger partial charge in [-0.05, 0) is 35.4 Å². The fourth-order valence-corrected chi connectivity index (χ4v) is 5.05. The number of amides is 1. The molecular formula is C25H21ClF3N7O5S. The van der Waals surface area contributed by atoms with Gasteiger partial charge < -0.3 is 16.6 Å². The van der Waals surface area contributed by atoms with Crippen LogP contribution in [-0.4, -0.2) is 61.8 Å². The third-order valence-electron chi connectivity index (χ3n) is 6.17. The minimum absolute atomic E-state index is 0.00402. The Labute approximate surface area is 240 Å². The summed E-state index contributed by atoms with van der Waals surface area (Å²) in [5.41, 5.74) is 15.4. The molecule has 1 atom stereocenters. The lowest BCUT2D eigenvalue weighted by molar-refractivity contribution is -0.192. The predicted octanol–water partition coefficient (Wildman–Crippen LogP) is 3.57. The molecule has 12 nitrogen and oxygen atoms in total. The number of aliphatic carboxylic acids is 1. The fourth-order valence-electron chi connectivity index (χ4n) is 4.16. The second kappa shape index (κ2) is 10.9. The van der Waals surface area contributed by atoms with Crippen molar-refractivity contribution < 1.29 is 36.3 Å². The molecule has 0 bridgehead atoms. The van der Waals surface area contributed by atoms with Crippen LogP contribution in [0, 0.1) is 0 Å². The number of nitrogen functional groups attached to an aromatic ring is 1. The highest BCUT2D eigenvalue weighted by atomic mass is 35.5. The molecule has 5 rings (SSSR count). The van der Waals surface area contributed by atoms with E-state index in [0.29, 0.717) is 16.2 Å². The van der Waals surface area contributed by atoms with Crippen molar-refractivity contribution in [3.05, 3.63) is 77.0 Å². The van der Waals surface area contributed by atoms with Crippen molar-refractivity contribution in [2.75, 3.05) is 12.0 Å². The van der Waals surface area contributed by atoms with Crippen LogP contribution < -0.4 is 11.5 Å². The van der Waals surface area contributed by atoms with Crippen LogP contribution in [0.3, 0.4) is 0 Å². The third kappa shape index (κ3) is 5.84. The van der Waals surface area contributed by atoms with Crippen LogP contribution in [0.1, 0.15) is 34.5 Å². The Morgan fingerprint density at radius 1 is 1.14 bits per heavy atom. The predicted molar refractivity (Wildman–Crippen MR) is 146 cm³/mol. The van der Waals surface area contributed by atoms with Gasteiger partial charge in [-0.3, -0.25) is 9.20 Å². The van der Waals surface area contributed by atoms with E-state index < -0.39 is 27.9 Å². The van der Waals surface area contributed by atoms with Crippen LogP contribution >= 0.6 is 11.6 Å². The highest BCUT2D eigenvalue weighted by Crippen LogP contribution is 2.37. The first-order chi connectivity index (χ1) is 19.5. The summed E-state index contributed by atoms with van der Waals surface area (Å²) in [7, 11) is -3.35. The van der Waals surface area contributed by atoms with Crippen LogP contribution in [0.4, 0.5) is 19.0 Å². The summed E-state index contributed by atoms with van der Waals surface area (Å²) in [5.74, 6) is -3.77. The first kappa shape index (κ1) is 30.3. The molecule has 4 aromatic heterocycles. The Hall–Kier alpha value is -4.70. The number of alkyl halides is 3. The van der Waals surface area contributed by atoms with Gasteiger partial charge in [0.2, 0.25) is 0 Å². The van der Waals surface area contributed by atoms with E-state index in [1.165, 1.54) is 4.52 Å². The zero-order valence-corrected chi connectivity index (χ0v) is 23.2. The van der Waals surface area contributed by atoms with E-state index in [0.717, 1.165) is 23.1 Å². The molecule has 0 spiro atoms. The molecule has 0 aliphatic carbocycles. The summed E-state index contributed by atoms with van der Waals surface area (Å²) >= 11 is 6.59. The van der Waals surface area contributed by atoms with Gasteiger partial charge in [0.15, 0.2) is 21.3 Å². The highest BCUT2D eigenvalue weighted by Gasteiger charge is 2.38. The van der Waals surface area contributed by atoms with E-state index in [4.69, 9.17) is 33.0 Å². The van der Waals surface area contributed by atoms with Crippen molar-refractivity contribution >= 4 is 50.3 Å². The number of carbonyl (C=O) groups is 2. The van der Waals surface area contributed by atoms with Crippen molar-refractivity contribution in [3.8, 4) is 11.3 Å². The van der Waals surface area contributed by atoms with Gasteiger partial charge in [0.25, 0.3) is 5.91 Å². The molecular weight excluding hydrogens is 603 g/mol. The third-order valence-corrected chi connectivity index (χ3v) is 7.60. The van der Waals surface area contributed by atoms with E-state index in [2.05, 4.69) is 15.1 Å². The average molecular weight is 624 g/mol. The molecule has 17 heteroatoms. The summed E-state index contributed by atoms with van der Waals surface area (Å²) in [5, 5.41) is 11.7. The molecule has 220 valence electrons. The van der Waals surface area contributed by atoms with Crippen molar-refractivity contribution in [1.29, 1.82) is 0 Å². The lowest BCUT2D eigenvalue weighted by Gasteiger charge is -2.19. The van der Waals surface area contributed by atoms with Crippen LogP contribution in [0.25, 0.3) is 22.4 Å².